The number of amides is 1. The lowest BCUT2D eigenvalue weighted by molar-refractivity contribution is -0.134. The fourth-order valence-electron chi connectivity index (χ4n) is 1.43. The number of ether oxygens (including phenoxy) is 1. The van der Waals surface area contributed by atoms with Crippen LogP contribution in [0, 0.1) is 0 Å². The number of hydrogen-bond donors (Lipinski definition) is 2. The smallest absolute Gasteiger partial charge is 0.264 e. The molecular weight excluding hydrogens is 234 g/mol. The molecule has 1 aliphatic heterocycles. The van der Waals surface area contributed by atoms with E-state index < -0.39 is 21.7 Å². The molecule has 0 aromatic heterocycles. The van der Waals surface area contributed by atoms with E-state index in [1.165, 1.54) is 12.6 Å². The van der Waals surface area contributed by atoms with Crippen molar-refractivity contribution in [3.05, 3.63) is 0 Å². The number of nitrogens with one attached hydrogen (secondary N) is 1. The summed E-state index contributed by atoms with van der Waals surface area (Å²) in [5.74, 6) is -0.680. The van der Waals surface area contributed by atoms with Crippen molar-refractivity contribution in [3.8, 4) is 0 Å². The van der Waals surface area contributed by atoms with Gasteiger partial charge in [0.1, 0.15) is 0 Å². The fraction of sp³-hybridized carbons (Fsp3) is 0.889. The van der Waals surface area contributed by atoms with Crippen LogP contribution in [-0.4, -0.2) is 40.4 Å². The average molecular weight is 253 g/mol. The molecule has 16 heavy (non-hydrogen) atoms. The maximum atomic E-state index is 11.6. The van der Waals surface area contributed by atoms with Crippen molar-refractivity contribution in [1.29, 1.82) is 0 Å². The van der Waals surface area contributed by atoms with Crippen LogP contribution >= 0.6 is 0 Å². The van der Waals surface area contributed by atoms with E-state index in [0.717, 1.165) is 0 Å². The quantitative estimate of drug-likeness (QED) is 0.561. The molecule has 6 nitrogen and oxygen atoms in total. The Bertz CT molecular complexity index is 222. The summed E-state index contributed by atoms with van der Waals surface area (Å²) in [4.78, 5) is 11.4. The van der Waals surface area contributed by atoms with Gasteiger partial charge in [0.2, 0.25) is 0 Å². The molecule has 1 amide bonds. The molecule has 1 aliphatic rings. The first-order valence-corrected chi connectivity index (χ1v) is 6.23. The zero-order chi connectivity index (χ0) is 12.6. The first kappa shape index (κ1) is 15.5. The van der Waals surface area contributed by atoms with Crippen molar-refractivity contribution in [1.82, 2.24) is 5.48 Å². The topological polar surface area (TPSA) is 84.9 Å². The van der Waals surface area contributed by atoms with E-state index in [2.05, 4.69) is 4.18 Å². The monoisotopic (exact) mass is 253 g/mol. The van der Waals surface area contributed by atoms with Crippen LogP contribution in [-0.2, 0) is 24.8 Å². The molecule has 0 aromatic carbocycles. The van der Waals surface area contributed by atoms with Gasteiger partial charge in [-0.05, 0) is 12.8 Å². The lowest BCUT2D eigenvalue weighted by Crippen LogP contribution is -2.52. The minimum absolute atomic E-state index is 0.278. The molecule has 2 N–H and O–H groups in total. The Morgan fingerprint density at radius 1 is 1.44 bits per heavy atom. The average Bonchev–Trinajstić information content (AvgIpc) is 2.39. The van der Waals surface area contributed by atoms with Gasteiger partial charge in [-0.1, -0.05) is 13.8 Å². The number of hydroxylamine groups is 1. The fourth-order valence-corrected chi connectivity index (χ4v) is 2.45. The van der Waals surface area contributed by atoms with Crippen molar-refractivity contribution in [2.45, 2.75) is 31.4 Å². The van der Waals surface area contributed by atoms with Crippen LogP contribution in [0.1, 0.15) is 26.7 Å². The third-order valence-electron chi connectivity index (χ3n) is 2.29. The zero-order valence-electron chi connectivity index (χ0n) is 9.82. The Labute approximate surface area is 97.9 Å². The minimum atomic E-state index is -1.75. The summed E-state index contributed by atoms with van der Waals surface area (Å²) in [6, 6.07) is 0. The number of rotatable bonds is 3. The zero-order valence-corrected chi connectivity index (χ0v) is 10.6. The summed E-state index contributed by atoms with van der Waals surface area (Å²) >= 11 is -1.75. The second kappa shape index (κ2) is 7.72. The summed E-state index contributed by atoms with van der Waals surface area (Å²) in [5.41, 5.74) is 1.52. The van der Waals surface area contributed by atoms with Crippen LogP contribution in [0.5, 0.6) is 0 Å². The van der Waals surface area contributed by atoms with Crippen LogP contribution in [0.2, 0.25) is 0 Å². The van der Waals surface area contributed by atoms with E-state index in [-0.39, 0.29) is 12.8 Å². The maximum Gasteiger partial charge on any atom is 0.264 e. The molecule has 1 saturated heterocycles. The first-order valence-electron chi connectivity index (χ1n) is 5.16. The molecule has 1 unspecified atom stereocenters. The molecule has 7 heteroatoms. The van der Waals surface area contributed by atoms with Gasteiger partial charge in [-0.2, -0.15) is 0 Å². The highest BCUT2D eigenvalue weighted by atomic mass is 32.2. The molecular formula is C9H19NO5S. The maximum absolute atomic E-state index is 11.6. The molecule has 0 saturated carbocycles. The lowest BCUT2D eigenvalue weighted by Gasteiger charge is -2.32. The number of hydrogen-bond acceptors (Lipinski definition) is 5. The highest BCUT2D eigenvalue weighted by Crippen LogP contribution is 2.28. The van der Waals surface area contributed by atoms with Crippen molar-refractivity contribution < 1.29 is 23.1 Å². The third kappa shape index (κ3) is 3.24. The summed E-state index contributed by atoms with van der Waals surface area (Å²) in [6.45, 7) is 4.67. The predicted octanol–water partition coefficient (Wildman–Crippen LogP) is 0.377. The Balaban J connectivity index is 0.00000106. The van der Waals surface area contributed by atoms with Gasteiger partial charge in [-0.15, -0.1) is 0 Å². The Kier molecular flexibility index (Phi) is 7.48. The van der Waals surface area contributed by atoms with Crippen molar-refractivity contribution in [2.75, 3.05) is 20.3 Å². The molecule has 0 radical (unpaired) electrons. The van der Waals surface area contributed by atoms with Crippen LogP contribution in [0.3, 0.4) is 0 Å². The number of carbonyl (C=O) groups excluding carboxylic acids is 1. The normalized spacial score (nSPS) is 20.2. The van der Waals surface area contributed by atoms with Gasteiger partial charge in [0.15, 0.2) is 15.8 Å². The lowest BCUT2D eigenvalue weighted by atomic mass is 9.98. The van der Waals surface area contributed by atoms with Crippen molar-refractivity contribution in [3.63, 3.8) is 0 Å². The molecule has 0 spiro atoms. The van der Waals surface area contributed by atoms with Gasteiger partial charge in [-0.25, -0.2) is 9.69 Å². The van der Waals surface area contributed by atoms with Gasteiger partial charge < -0.3 is 4.74 Å². The SMILES string of the molecule is CC.COS(=O)C1(C(=O)NO)CCOCC1. The van der Waals surface area contributed by atoms with Gasteiger partial charge in [0, 0.05) is 13.2 Å². The Hall–Kier alpha value is -0.500. The van der Waals surface area contributed by atoms with Crippen molar-refractivity contribution >= 4 is 17.0 Å². The highest BCUT2D eigenvalue weighted by molar-refractivity contribution is 7.82. The molecule has 1 fully saturated rings. The summed E-state index contributed by atoms with van der Waals surface area (Å²) < 4.78 is 20.1. The molecule has 0 bridgehead atoms. The Morgan fingerprint density at radius 3 is 2.31 bits per heavy atom. The minimum Gasteiger partial charge on any atom is -0.381 e. The standard InChI is InChI=1S/C7H13NO5S.C2H6/c1-12-14(11)7(6(9)8-10)2-4-13-5-3-7;1-2/h10H,2-5H2,1H3,(H,8,9);1-2H3. The van der Waals surface area contributed by atoms with Crippen LogP contribution in [0.15, 0.2) is 0 Å². The van der Waals surface area contributed by atoms with Gasteiger partial charge in [0.05, 0.1) is 7.11 Å². The molecule has 0 aromatic rings. The third-order valence-corrected chi connectivity index (χ3v) is 3.82. The van der Waals surface area contributed by atoms with Crippen LogP contribution in [0.4, 0.5) is 0 Å². The molecule has 96 valence electrons. The van der Waals surface area contributed by atoms with E-state index in [9.17, 15) is 9.00 Å². The van der Waals surface area contributed by atoms with Gasteiger partial charge >= 0.3 is 0 Å². The molecule has 0 aliphatic carbocycles. The van der Waals surface area contributed by atoms with E-state index >= 15 is 0 Å². The summed E-state index contributed by atoms with van der Waals surface area (Å²) in [5, 5.41) is 8.57. The van der Waals surface area contributed by atoms with E-state index in [1.54, 1.807) is 0 Å². The second-order valence-electron chi connectivity index (χ2n) is 2.95. The Morgan fingerprint density at radius 2 is 1.94 bits per heavy atom. The van der Waals surface area contributed by atoms with Gasteiger partial charge in [0.25, 0.3) is 5.91 Å². The van der Waals surface area contributed by atoms with E-state index in [4.69, 9.17) is 9.94 Å². The van der Waals surface area contributed by atoms with Crippen molar-refractivity contribution in [2.24, 2.45) is 0 Å². The molecule has 1 atom stereocenters. The predicted molar refractivity (Wildman–Crippen MR) is 59.2 cm³/mol. The van der Waals surface area contributed by atoms with Crippen LogP contribution < -0.4 is 5.48 Å². The molecule has 1 rings (SSSR count). The summed E-state index contributed by atoms with van der Waals surface area (Å²) in [6.07, 6.45) is 0.555. The first-order chi connectivity index (χ1) is 7.67. The highest BCUT2D eigenvalue weighted by Gasteiger charge is 2.46. The largest absolute Gasteiger partial charge is 0.381 e. The molecule has 1 heterocycles. The summed E-state index contributed by atoms with van der Waals surface area (Å²) in [7, 11) is 1.26. The van der Waals surface area contributed by atoms with E-state index in [0.29, 0.717) is 13.2 Å². The van der Waals surface area contributed by atoms with E-state index in [1.807, 2.05) is 13.8 Å². The second-order valence-corrected chi connectivity index (χ2v) is 4.53. The number of carbonyl (C=O) groups is 1. The van der Waals surface area contributed by atoms with Crippen LogP contribution in [0.25, 0.3) is 0 Å². The van der Waals surface area contributed by atoms with Gasteiger partial charge in [-0.3, -0.25) is 14.2 Å².